The van der Waals surface area contributed by atoms with E-state index in [1.807, 2.05) is 0 Å². The van der Waals surface area contributed by atoms with Gasteiger partial charge in [0, 0.05) is 5.56 Å². The Kier molecular flexibility index (Phi) is 4.46. The quantitative estimate of drug-likeness (QED) is 0.818. The molecule has 1 fully saturated rings. The molecule has 2 N–H and O–H groups in total. The van der Waals surface area contributed by atoms with Gasteiger partial charge >= 0.3 is 6.03 Å². The second kappa shape index (κ2) is 6.00. The summed E-state index contributed by atoms with van der Waals surface area (Å²) in [6, 6.07) is 2.04. The summed E-state index contributed by atoms with van der Waals surface area (Å²) >= 11 is 0. The fraction of sp³-hybridized carbons (Fsp3) is 0.467. The molecule has 0 radical (unpaired) electrons. The van der Waals surface area contributed by atoms with Gasteiger partial charge in [-0.25, -0.2) is 13.6 Å². The summed E-state index contributed by atoms with van der Waals surface area (Å²) < 4.78 is 26.8. The van der Waals surface area contributed by atoms with Crippen LogP contribution in [0.5, 0.6) is 0 Å². The maximum absolute atomic E-state index is 13.6. The van der Waals surface area contributed by atoms with Gasteiger partial charge in [0.25, 0.3) is 5.91 Å². The number of halogens is 2. The number of aliphatic hydroxyl groups is 1. The predicted octanol–water partition coefficient (Wildman–Crippen LogP) is 2.11. The van der Waals surface area contributed by atoms with E-state index in [2.05, 4.69) is 5.32 Å². The molecule has 0 saturated carbocycles. The lowest BCUT2D eigenvalue weighted by Gasteiger charge is -2.24. The molecule has 0 spiro atoms. The van der Waals surface area contributed by atoms with Crippen molar-refractivity contribution >= 4 is 11.9 Å². The largest absolute Gasteiger partial charge is 0.386 e. The first-order chi connectivity index (χ1) is 10.3. The van der Waals surface area contributed by atoms with Crippen molar-refractivity contribution < 1.29 is 23.5 Å². The molecule has 1 aromatic rings. The zero-order valence-corrected chi connectivity index (χ0v) is 12.4. The molecular formula is C15H18F2N2O3. The second-order valence-electron chi connectivity index (χ2n) is 5.32. The molecular weight excluding hydrogens is 294 g/mol. The number of aliphatic hydroxyl groups excluding tert-OH is 1. The molecule has 1 atom stereocenters. The topological polar surface area (TPSA) is 69.6 Å². The van der Waals surface area contributed by atoms with Crippen molar-refractivity contribution in [1.82, 2.24) is 10.2 Å². The van der Waals surface area contributed by atoms with E-state index < -0.39 is 41.8 Å². The van der Waals surface area contributed by atoms with Crippen molar-refractivity contribution in [1.29, 1.82) is 0 Å². The Morgan fingerprint density at radius 1 is 1.27 bits per heavy atom. The molecule has 7 heteroatoms. The summed E-state index contributed by atoms with van der Waals surface area (Å²) in [6.45, 7) is 3.12. The minimum Gasteiger partial charge on any atom is -0.386 e. The van der Waals surface area contributed by atoms with Gasteiger partial charge in [-0.15, -0.1) is 0 Å². The van der Waals surface area contributed by atoms with Crippen LogP contribution in [0.25, 0.3) is 0 Å². The van der Waals surface area contributed by atoms with Crippen LogP contribution in [0.1, 0.15) is 38.4 Å². The number of nitrogens with one attached hydrogen (secondary N) is 1. The van der Waals surface area contributed by atoms with Crippen LogP contribution in [0.3, 0.4) is 0 Å². The normalized spacial score (nSPS) is 18.5. The summed E-state index contributed by atoms with van der Waals surface area (Å²) in [5, 5.41) is 12.7. The number of β-amino-alcohol motifs (C(OH)–C–C–N with tert-alkyl or cyclic N) is 1. The Hall–Kier alpha value is -2.02. The van der Waals surface area contributed by atoms with E-state index in [9.17, 15) is 23.5 Å². The molecule has 2 rings (SSSR count). The molecule has 3 amide bonds. The molecule has 120 valence electrons. The number of hydrogen-bond donors (Lipinski definition) is 2. The van der Waals surface area contributed by atoms with Crippen LogP contribution < -0.4 is 5.32 Å². The Bertz CT molecular complexity index is 602. The Morgan fingerprint density at radius 3 is 2.45 bits per heavy atom. The van der Waals surface area contributed by atoms with Crippen LogP contribution in [0.2, 0.25) is 0 Å². The van der Waals surface area contributed by atoms with Crippen molar-refractivity contribution in [3.05, 3.63) is 35.4 Å². The average Bonchev–Trinajstić information content (AvgIpc) is 2.74. The number of carbonyl (C=O) groups is 2. The van der Waals surface area contributed by atoms with E-state index in [4.69, 9.17) is 0 Å². The van der Waals surface area contributed by atoms with Gasteiger partial charge in [0.1, 0.15) is 23.3 Å². The molecule has 0 aliphatic carbocycles. The number of amides is 3. The average molecular weight is 312 g/mol. The maximum Gasteiger partial charge on any atom is 0.325 e. The standard InChI is InChI=1S/C15H18F2N2O3/c1-3-15(4-2)13(21)19(14(22)18-15)8-12(20)10-7-9(16)5-6-11(10)17/h5-7,12,20H,3-4,8H2,1-2H3,(H,18,22)/t12-/m0/s1. The van der Waals surface area contributed by atoms with Crippen molar-refractivity contribution in [2.45, 2.75) is 38.3 Å². The van der Waals surface area contributed by atoms with Gasteiger partial charge in [0.05, 0.1) is 6.54 Å². The van der Waals surface area contributed by atoms with Gasteiger partial charge in [0.2, 0.25) is 0 Å². The Morgan fingerprint density at radius 2 is 1.91 bits per heavy atom. The third kappa shape index (κ3) is 2.68. The Balaban J connectivity index is 2.21. The maximum atomic E-state index is 13.6. The van der Waals surface area contributed by atoms with Crippen LogP contribution >= 0.6 is 0 Å². The second-order valence-corrected chi connectivity index (χ2v) is 5.32. The lowest BCUT2D eigenvalue weighted by atomic mass is 9.93. The fourth-order valence-electron chi connectivity index (χ4n) is 2.61. The van der Waals surface area contributed by atoms with Crippen molar-refractivity contribution in [3.8, 4) is 0 Å². The molecule has 0 bridgehead atoms. The molecule has 22 heavy (non-hydrogen) atoms. The highest BCUT2D eigenvalue weighted by Crippen LogP contribution is 2.27. The number of nitrogens with zero attached hydrogens (tertiary/aromatic N) is 1. The van der Waals surface area contributed by atoms with Crippen LogP contribution in [-0.2, 0) is 4.79 Å². The highest BCUT2D eigenvalue weighted by molar-refractivity contribution is 6.07. The van der Waals surface area contributed by atoms with Gasteiger partial charge in [-0.3, -0.25) is 9.69 Å². The molecule has 1 saturated heterocycles. The zero-order valence-electron chi connectivity index (χ0n) is 12.4. The van der Waals surface area contributed by atoms with Crippen LogP contribution in [0.15, 0.2) is 18.2 Å². The monoisotopic (exact) mass is 312 g/mol. The molecule has 1 heterocycles. The third-order valence-electron chi connectivity index (χ3n) is 4.13. The van der Waals surface area contributed by atoms with Gasteiger partial charge in [-0.2, -0.15) is 0 Å². The summed E-state index contributed by atoms with van der Waals surface area (Å²) in [5.41, 5.74) is -1.27. The zero-order chi connectivity index (χ0) is 16.5. The van der Waals surface area contributed by atoms with Gasteiger partial charge in [-0.1, -0.05) is 13.8 Å². The van der Waals surface area contributed by atoms with Crippen LogP contribution in [-0.4, -0.2) is 34.0 Å². The molecule has 0 aromatic heterocycles. The van der Waals surface area contributed by atoms with E-state index in [-0.39, 0.29) is 5.56 Å². The summed E-state index contributed by atoms with van der Waals surface area (Å²) in [6.07, 6.45) is -0.667. The fourth-order valence-corrected chi connectivity index (χ4v) is 2.61. The predicted molar refractivity (Wildman–Crippen MR) is 74.9 cm³/mol. The highest BCUT2D eigenvalue weighted by Gasteiger charge is 2.49. The minimum atomic E-state index is -1.49. The smallest absolute Gasteiger partial charge is 0.325 e. The van der Waals surface area contributed by atoms with E-state index >= 15 is 0 Å². The summed E-state index contributed by atoms with van der Waals surface area (Å²) in [4.78, 5) is 25.2. The number of carbonyl (C=O) groups excluding carboxylic acids is 2. The highest BCUT2D eigenvalue weighted by atomic mass is 19.1. The molecule has 0 unspecified atom stereocenters. The van der Waals surface area contributed by atoms with E-state index in [1.165, 1.54) is 0 Å². The molecule has 5 nitrogen and oxygen atoms in total. The van der Waals surface area contributed by atoms with Crippen molar-refractivity contribution in [2.24, 2.45) is 0 Å². The number of hydrogen-bond acceptors (Lipinski definition) is 3. The summed E-state index contributed by atoms with van der Waals surface area (Å²) in [5.74, 6) is -1.96. The first-order valence-corrected chi connectivity index (χ1v) is 7.11. The number of benzene rings is 1. The van der Waals surface area contributed by atoms with Gasteiger partial charge in [-0.05, 0) is 31.0 Å². The molecule has 1 aliphatic rings. The number of urea groups is 1. The lowest BCUT2D eigenvalue weighted by Crippen LogP contribution is -2.46. The number of imide groups is 1. The van der Waals surface area contributed by atoms with Gasteiger partial charge < -0.3 is 10.4 Å². The van der Waals surface area contributed by atoms with E-state index in [0.717, 1.165) is 23.1 Å². The van der Waals surface area contributed by atoms with Gasteiger partial charge in [0.15, 0.2) is 0 Å². The van der Waals surface area contributed by atoms with E-state index in [1.54, 1.807) is 13.8 Å². The SMILES string of the molecule is CCC1(CC)NC(=O)N(C[C@H](O)c2cc(F)ccc2F)C1=O. The summed E-state index contributed by atoms with van der Waals surface area (Å²) in [7, 11) is 0. The minimum absolute atomic E-state index is 0.286. The van der Waals surface area contributed by atoms with Crippen LogP contribution in [0, 0.1) is 11.6 Å². The van der Waals surface area contributed by atoms with Crippen LogP contribution in [0.4, 0.5) is 13.6 Å². The van der Waals surface area contributed by atoms with Crippen molar-refractivity contribution in [2.75, 3.05) is 6.54 Å². The third-order valence-corrected chi connectivity index (χ3v) is 4.13. The Labute approximate surface area is 126 Å². The van der Waals surface area contributed by atoms with Crippen molar-refractivity contribution in [3.63, 3.8) is 0 Å². The first-order valence-electron chi connectivity index (χ1n) is 7.11. The molecule has 1 aromatic carbocycles. The number of rotatable bonds is 5. The molecule has 1 aliphatic heterocycles. The lowest BCUT2D eigenvalue weighted by molar-refractivity contribution is -0.132. The first kappa shape index (κ1) is 16.4. The van der Waals surface area contributed by atoms with E-state index in [0.29, 0.717) is 12.8 Å².